The molecule has 0 fully saturated rings. The SMILES string of the molecule is CNC(c1ccc2cccnc2c1)c1cccc(C)n1. The van der Waals surface area contributed by atoms with Crippen LogP contribution >= 0.6 is 0 Å². The van der Waals surface area contributed by atoms with Crippen molar-refractivity contribution in [3.63, 3.8) is 0 Å². The zero-order valence-electron chi connectivity index (χ0n) is 11.7. The summed E-state index contributed by atoms with van der Waals surface area (Å²) >= 11 is 0. The summed E-state index contributed by atoms with van der Waals surface area (Å²) in [5.41, 5.74) is 4.25. The number of aryl methyl sites for hydroxylation is 1. The Hall–Kier alpha value is -2.26. The van der Waals surface area contributed by atoms with E-state index in [1.54, 1.807) is 0 Å². The molecule has 1 unspecified atom stereocenters. The Morgan fingerprint density at radius 1 is 1.05 bits per heavy atom. The smallest absolute Gasteiger partial charge is 0.0749 e. The summed E-state index contributed by atoms with van der Waals surface area (Å²) in [6.45, 7) is 2.01. The average Bonchev–Trinajstić information content (AvgIpc) is 2.48. The maximum absolute atomic E-state index is 4.62. The number of fused-ring (bicyclic) bond motifs is 1. The predicted molar refractivity (Wildman–Crippen MR) is 81.6 cm³/mol. The number of nitrogens with one attached hydrogen (secondary N) is 1. The second-order valence-corrected chi connectivity index (χ2v) is 4.88. The van der Waals surface area contributed by atoms with Crippen LogP contribution in [0.4, 0.5) is 0 Å². The quantitative estimate of drug-likeness (QED) is 0.788. The molecule has 0 bridgehead atoms. The number of rotatable bonds is 3. The molecule has 2 heterocycles. The van der Waals surface area contributed by atoms with Crippen molar-refractivity contribution in [3.05, 3.63) is 71.7 Å². The van der Waals surface area contributed by atoms with E-state index in [9.17, 15) is 0 Å². The van der Waals surface area contributed by atoms with Crippen molar-refractivity contribution in [2.75, 3.05) is 7.05 Å². The van der Waals surface area contributed by atoms with Gasteiger partial charge in [0.2, 0.25) is 0 Å². The fourth-order valence-electron chi connectivity index (χ4n) is 2.47. The molecule has 0 spiro atoms. The maximum Gasteiger partial charge on any atom is 0.0749 e. The van der Waals surface area contributed by atoms with Crippen LogP contribution in [0.1, 0.15) is 23.0 Å². The Morgan fingerprint density at radius 3 is 2.75 bits per heavy atom. The Kier molecular flexibility index (Phi) is 3.44. The molecular weight excluding hydrogens is 246 g/mol. The molecule has 2 aromatic heterocycles. The second-order valence-electron chi connectivity index (χ2n) is 4.88. The molecule has 3 rings (SSSR count). The zero-order chi connectivity index (χ0) is 13.9. The van der Waals surface area contributed by atoms with Crippen molar-refractivity contribution in [2.45, 2.75) is 13.0 Å². The Labute approximate surface area is 118 Å². The number of benzene rings is 1. The van der Waals surface area contributed by atoms with E-state index in [2.05, 4.69) is 45.6 Å². The van der Waals surface area contributed by atoms with Gasteiger partial charge in [-0.25, -0.2) is 0 Å². The summed E-state index contributed by atoms with van der Waals surface area (Å²) < 4.78 is 0. The lowest BCUT2D eigenvalue weighted by Gasteiger charge is -2.17. The van der Waals surface area contributed by atoms with Gasteiger partial charge >= 0.3 is 0 Å². The summed E-state index contributed by atoms with van der Waals surface area (Å²) in [6, 6.07) is 16.6. The molecule has 0 aliphatic rings. The molecule has 100 valence electrons. The van der Waals surface area contributed by atoms with Gasteiger partial charge in [-0.2, -0.15) is 0 Å². The van der Waals surface area contributed by atoms with Crippen LogP contribution in [0, 0.1) is 6.92 Å². The number of hydrogen-bond donors (Lipinski definition) is 1. The van der Waals surface area contributed by atoms with Crippen molar-refractivity contribution < 1.29 is 0 Å². The minimum atomic E-state index is 0.0845. The standard InChI is InChI=1S/C17H17N3/c1-12-5-3-7-15(20-12)17(18-2)14-9-8-13-6-4-10-19-16(13)11-14/h3-11,17-18H,1-2H3. The third-order valence-corrected chi connectivity index (χ3v) is 3.46. The van der Waals surface area contributed by atoms with E-state index in [-0.39, 0.29) is 6.04 Å². The van der Waals surface area contributed by atoms with Crippen LogP contribution in [0.5, 0.6) is 0 Å². The van der Waals surface area contributed by atoms with Crippen molar-refractivity contribution in [3.8, 4) is 0 Å². The molecule has 0 saturated carbocycles. The monoisotopic (exact) mass is 263 g/mol. The van der Waals surface area contributed by atoms with Gasteiger partial charge in [-0.1, -0.05) is 24.3 Å². The van der Waals surface area contributed by atoms with Crippen LogP contribution in [0.25, 0.3) is 10.9 Å². The fraction of sp³-hybridized carbons (Fsp3) is 0.176. The highest BCUT2D eigenvalue weighted by molar-refractivity contribution is 5.79. The minimum absolute atomic E-state index is 0.0845. The Morgan fingerprint density at radius 2 is 1.95 bits per heavy atom. The van der Waals surface area contributed by atoms with Crippen LogP contribution in [-0.4, -0.2) is 17.0 Å². The highest BCUT2D eigenvalue weighted by Gasteiger charge is 2.13. The summed E-state index contributed by atoms with van der Waals surface area (Å²) in [4.78, 5) is 9.04. The van der Waals surface area contributed by atoms with Gasteiger partial charge < -0.3 is 5.32 Å². The second kappa shape index (κ2) is 5.39. The topological polar surface area (TPSA) is 37.8 Å². The number of pyridine rings is 2. The molecule has 0 amide bonds. The van der Waals surface area contributed by atoms with Gasteiger partial charge in [-0.05, 0) is 43.8 Å². The molecule has 1 N–H and O–H groups in total. The summed E-state index contributed by atoms with van der Waals surface area (Å²) in [7, 11) is 1.96. The lowest BCUT2D eigenvalue weighted by molar-refractivity contribution is 0.669. The molecule has 0 aliphatic heterocycles. The molecule has 0 saturated heterocycles. The largest absolute Gasteiger partial charge is 0.308 e. The molecule has 3 aromatic rings. The molecule has 3 heteroatoms. The number of hydrogen-bond acceptors (Lipinski definition) is 3. The first-order valence-electron chi connectivity index (χ1n) is 6.73. The molecule has 0 radical (unpaired) electrons. The highest BCUT2D eigenvalue weighted by Crippen LogP contribution is 2.23. The van der Waals surface area contributed by atoms with Gasteiger partial charge in [0.05, 0.1) is 17.3 Å². The van der Waals surface area contributed by atoms with E-state index in [0.29, 0.717) is 0 Å². The molecule has 20 heavy (non-hydrogen) atoms. The van der Waals surface area contributed by atoms with Crippen LogP contribution in [0.3, 0.4) is 0 Å². The third kappa shape index (κ3) is 2.40. The van der Waals surface area contributed by atoms with E-state index in [4.69, 9.17) is 0 Å². The average molecular weight is 263 g/mol. The zero-order valence-corrected chi connectivity index (χ0v) is 11.7. The van der Waals surface area contributed by atoms with Gasteiger partial charge in [0.25, 0.3) is 0 Å². The number of nitrogens with zero attached hydrogens (tertiary/aromatic N) is 2. The van der Waals surface area contributed by atoms with Crippen LogP contribution < -0.4 is 5.32 Å². The van der Waals surface area contributed by atoms with Crippen molar-refractivity contribution in [1.29, 1.82) is 0 Å². The fourth-order valence-corrected chi connectivity index (χ4v) is 2.47. The maximum atomic E-state index is 4.62. The van der Waals surface area contributed by atoms with Gasteiger partial charge in [0.15, 0.2) is 0 Å². The first kappa shape index (κ1) is 12.8. The Bertz CT molecular complexity index is 737. The summed E-state index contributed by atoms with van der Waals surface area (Å²) in [6.07, 6.45) is 1.82. The summed E-state index contributed by atoms with van der Waals surface area (Å²) in [5.74, 6) is 0. The molecule has 1 aromatic carbocycles. The van der Waals surface area contributed by atoms with E-state index >= 15 is 0 Å². The van der Waals surface area contributed by atoms with E-state index in [1.165, 1.54) is 5.56 Å². The highest BCUT2D eigenvalue weighted by atomic mass is 14.9. The van der Waals surface area contributed by atoms with Crippen LogP contribution in [0.15, 0.2) is 54.7 Å². The van der Waals surface area contributed by atoms with Gasteiger partial charge in [0, 0.05) is 17.3 Å². The van der Waals surface area contributed by atoms with E-state index < -0.39 is 0 Å². The molecule has 0 aliphatic carbocycles. The summed E-state index contributed by atoms with van der Waals surface area (Å²) in [5, 5.41) is 4.49. The van der Waals surface area contributed by atoms with Crippen molar-refractivity contribution in [1.82, 2.24) is 15.3 Å². The van der Waals surface area contributed by atoms with Gasteiger partial charge in [-0.3, -0.25) is 9.97 Å². The van der Waals surface area contributed by atoms with Gasteiger partial charge in [-0.15, -0.1) is 0 Å². The first-order valence-corrected chi connectivity index (χ1v) is 6.73. The minimum Gasteiger partial charge on any atom is -0.308 e. The van der Waals surface area contributed by atoms with Crippen LogP contribution in [-0.2, 0) is 0 Å². The lowest BCUT2D eigenvalue weighted by Crippen LogP contribution is -2.19. The third-order valence-electron chi connectivity index (χ3n) is 3.46. The number of aromatic nitrogens is 2. The molecule has 1 atom stereocenters. The van der Waals surface area contributed by atoms with Crippen molar-refractivity contribution >= 4 is 10.9 Å². The van der Waals surface area contributed by atoms with Gasteiger partial charge in [0.1, 0.15) is 0 Å². The van der Waals surface area contributed by atoms with Crippen molar-refractivity contribution in [2.24, 2.45) is 0 Å². The molecular formula is C17H17N3. The predicted octanol–water partition coefficient (Wildman–Crippen LogP) is 3.25. The molecule has 3 nitrogen and oxygen atoms in total. The lowest BCUT2D eigenvalue weighted by atomic mass is 10.0. The normalized spacial score (nSPS) is 12.5. The first-order chi connectivity index (χ1) is 9.78. The van der Waals surface area contributed by atoms with E-state index in [1.807, 2.05) is 38.4 Å². The van der Waals surface area contributed by atoms with Crippen LogP contribution in [0.2, 0.25) is 0 Å². The van der Waals surface area contributed by atoms with E-state index in [0.717, 1.165) is 22.3 Å². The Balaban J connectivity index is 2.07.